The summed E-state index contributed by atoms with van der Waals surface area (Å²) in [5.41, 5.74) is 0.700. The zero-order valence-corrected chi connectivity index (χ0v) is 15.4. The lowest BCUT2D eigenvalue weighted by Crippen LogP contribution is -2.41. The third-order valence-corrected chi connectivity index (χ3v) is 6.54. The van der Waals surface area contributed by atoms with Crippen LogP contribution in [-0.4, -0.2) is 58.8 Å². The summed E-state index contributed by atoms with van der Waals surface area (Å²) in [5, 5.41) is 19.7. The highest BCUT2D eigenvalue weighted by atomic mass is 16.6. The van der Waals surface area contributed by atoms with Gasteiger partial charge in [0.1, 0.15) is 23.9 Å². The summed E-state index contributed by atoms with van der Waals surface area (Å²) in [7, 11) is 0. The van der Waals surface area contributed by atoms with Crippen molar-refractivity contribution in [1.82, 2.24) is 0 Å². The summed E-state index contributed by atoms with van der Waals surface area (Å²) >= 11 is 0. The molecule has 4 aliphatic rings. The molecule has 2 aliphatic heterocycles. The Labute approximate surface area is 157 Å². The molecule has 4 rings (SSSR count). The molecule has 2 saturated heterocycles. The van der Waals surface area contributed by atoms with Gasteiger partial charge in [-0.05, 0) is 19.9 Å². The molecule has 0 aromatic carbocycles. The van der Waals surface area contributed by atoms with Crippen LogP contribution < -0.4 is 0 Å². The molecule has 8 atom stereocenters. The van der Waals surface area contributed by atoms with Crippen molar-refractivity contribution in [2.75, 3.05) is 6.61 Å². The lowest BCUT2D eigenvalue weighted by Gasteiger charge is -2.31. The number of hydrogen-bond donors (Lipinski definition) is 2. The minimum absolute atomic E-state index is 0.261. The van der Waals surface area contributed by atoms with E-state index in [-0.39, 0.29) is 35.7 Å². The van der Waals surface area contributed by atoms with E-state index in [2.05, 4.69) is 13.2 Å². The Kier molecular flexibility index (Phi) is 4.10. The lowest BCUT2D eigenvalue weighted by molar-refractivity contribution is -0.149. The first kappa shape index (κ1) is 18.4. The SMILES string of the molecule is C=C1C[C@@H](OC(=O)/C(C)=C/CO)[C@H]2C(=C)C(=O)O[C@@H]2[C@@H]2[C@H]1[C@H](O)[C@H]1O[C@@]21C. The monoisotopic (exact) mass is 376 g/mol. The van der Waals surface area contributed by atoms with Gasteiger partial charge in [0.2, 0.25) is 0 Å². The molecule has 146 valence electrons. The Bertz CT molecular complexity index is 768. The van der Waals surface area contributed by atoms with Crippen LogP contribution in [0.5, 0.6) is 0 Å². The van der Waals surface area contributed by atoms with Gasteiger partial charge in [-0.25, -0.2) is 9.59 Å². The molecule has 7 heteroatoms. The standard InChI is InChI=1S/C20H24O7/c1-8(5-6-21)18(23)25-11-7-9(2)12-14(20(4)17(27-20)15(12)22)16-13(11)10(3)19(24)26-16/h5,11-17,21-22H,2-3,6-7H2,1,4H3/b8-5+/t11-,12+,13-,14+,15+,16+,17-,20+/m1/s1. The van der Waals surface area contributed by atoms with E-state index in [4.69, 9.17) is 19.3 Å². The Morgan fingerprint density at radius 3 is 2.78 bits per heavy atom. The van der Waals surface area contributed by atoms with Crippen LogP contribution in [0.15, 0.2) is 36.0 Å². The van der Waals surface area contributed by atoms with E-state index in [9.17, 15) is 14.7 Å². The number of fused-ring (bicyclic) bond motifs is 5. The maximum absolute atomic E-state index is 12.4. The second-order valence-corrected chi connectivity index (χ2v) is 8.06. The molecule has 0 unspecified atom stereocenters. The highest BCUT2D eigenvalue weighted by Gasteiger charge is 2.75. The van der Waals surface area contributed by atoms with Crippen LogP contribution in [0.3, 0.4) is 0 Å². The molecule has 2 heterocycles. The zero-order valence-electron chi connectivity index (χ0n) is 15.4. The minimum Gasteiger partial charge on any atom is -0.458 e. The van der Waals surface area contributed by atoms with Crippen molar-refractivity contribution in [3.63, 3.8) is 0 Å². The van der Waals surface area contributed by atoms with Crippen LogP contribution in [0.25, 0.3) is 0 Å². The van der Waals surface area contributed by atoms with E-state index >= 15 is 0 Å². The van der Waals surface area contributed by atoms with E-state index in [1.54, 1.807) is 6.92 Å². The number of carbonyl (C=O) groups excluding carboxylic acids is 2. The van der Waals surface area contributed by atoms with Crippen molar-refractivity contribution in [2.24, 2.45) is 17.8 Å². The molecule has 2 saturated carbocycles. The van der Waals surface area contributed by atoms with Crippen LogP contribution in [0.4, 0.5) is 0 Å². The fraction of sp³-hybridized carbons (Fsp3) is 0.600. The average molecular weight is 376 g/mol. The summed E-state index contributed by atoms with van der Waals surface area (Å²) in [6, 6.07) is 0. The predicted molar refractivity (Wildman–Crippen MR) is 93.3 cm³/mol. The highest BCUT2D eigenvalue weighted by molar-refractivity contribution is 5.92. The van der Waals surface area contributed by atoms with Crippen LogP contribution in [0.2, 0.25) is 0 Å². The Hall–Kier alpha value is -1.96. The maximum Gasteiger partial charge on any atom is 0.334 e. The predicted octanol–water partition coefficient (Wildman–Crippen LogP) is 0.659. The van der Waals surface area contributed by atoms with Crippen molar-refractivity contribution in [3.05, 3.63) is 36.0 Å². The van der Waals surface area contributed by atoms with Gasteiger partial charge in [-0.15, -0.1) is 0 Å². The summed E-state index contributed by atoms with van der Waals surface area (Å²) in [5.74, 6) is -2.18. The Morgan fingerprint density at radius 1 is 1.41 bits per heavy atom. The van der Waals surface area contributed by atoms with Gasteiger partial charge in [-0.3, -0.25) is 0 Å². The molecular formula is C20H24O7. The number of esters is 2. The molecule has 4 fully saturated rings. The smallest absolute Gasteiger partial charge is 0.334 e. The van der Waals surface area contributed by atoms with Crippen molar-refractivity contribution in [1.29, 1.82) is 0 Å². The topological polar surface area (TPSA) is 106 Å². The van der Waals surface area contributed by atoms with Crippen molar-refractivity contribution >= 4 is 11.9 Å². The zero-order chi connectivity index (χ0) is 19.7. The molecule has 0 bridgehead atoms. The van der Waals surface area contributed by atoms with Gasteiger partial charge in [-0.1, -0.05) is 18.7 Å². The van der Waals surface area contributed by atoms with Crippen LogP contribution >= 0.6 is 0 Å². The van der Waals surface area contributed by atoms with Crippen molar-refractivity contribution in [2.45, 2.75) is 50.3 Å². The normalized spacial score (nSPS) is 45.6. The number of epoxide rings is 1. The van der Waals surface area contributed by atoms with E-state index in [1.807, 2.05) is 6.92 Å². The van der Waals surface area contributed by atoms with Gasteiger partial charge >= 0.3 is 11.9 Å². The van der Waals surface area contributed by atoms with Gasteiger partial charge in [-0.2, -0.15) is 0 Å². The molecule has 7 nitrogen and oxygen atoms in total. The second-order valence-electron chi connectivity index (χ2n) is 8.06. The van der Waals surface area contributed by atoms with Gasteiger partial charge in [0, 0.05) is 29.4 Å². The first-order valence-electron chi connectivity index (χ1n) is 9.12. The molecule has 0 aromatic heterocycles. The van der Waals surface area contributed by atoms with Crippen LogP contribution in [0.1, 0.15) is 20.3 Å². The molecule has 27 heavy (non-hydrogen) atoms. The molecule has 0 spiro atoms. The third kappa shape index (κ3) is 2.52. The molecule has 2 aliphatic carbocycles. The first-order chi connectivity index (χ1) is 12.7. The minimum atomic E-state index is -0.730. The van der Waals surface area contributed by atoms with Crippen molar-refractivity contribution in [3.8, 4) is 0 Å². The number of rotatable bonds is 3. The highest BCUT2D eigenvalue weighted by Crippen LogP contribution is 2.63. The Morgan fingerprint density at radius 2 is 2.11 bits per heavy atom. The average Bonchev–Trinajstić information content (AvgIpc) is 3.16. The van der Waals surface area contributed by atoms with E-state index in [0.717, 1.165) is 5.57 Å². The number of ether oxygens (including phenoxy) is 3. The third-order valence-electron chi connectivity index (χ3n) is 6.54. The largest absolute Gasteiger partial charge is 0.458 e. The van der Waals surface area contributed by atoms with Gasteiger partial charge in [0.05, 0.1) is 18.6 Å². The number of aliphatic hydroxyl groups is 2. The summed E-state index contributed by atoms with van der Waals surface area (Å²) < 4.78 is 17.0. The summed E-state index contributed by atoms with van der Waals surface area (Å²) in [6.45, 7) is 11.2. The fourth-order valence-corrected chi connectivity index (χ4v) is 5.13. The number of hydrogen-bond acceptors (Lipinski definition) is 7. The Balaban J connectivity index is 1.69. The fourth-order valence-electron chi connectivity index (χ4n) is 5.13. The second kappa shape index (κ2) is 6.02. The van der Waals surface area contributed by atoms with E-state index in [1.165, 1.54) is 6.08 Å². The molecule has 0 radical (unpaired) electrons. The van der Waals surface area contributed by atoms with E-state index < -0.39 is 41.8 Å². The van der Waals surface area contributed by atoms with Crippen LogP contribution in [0, 0.1) is 17.8 Å². The molecule has 0 aromatic rings. The van der Waals surface area contributed by atoms with Crippen LogP contribution in [-0.2, 0) is 23.8 Å². The maximum atomic E-state index is 12.4. The number of carbonyl (C=O) groups is 2. The summed E-state index contributed by atoms with van der Waals surface area (Å²) in [6.07, 6.45) is -0.650. The summed E-state index contributed by atoms with van der Waals surface area (Å²) in [4.78, 5) is 24.6. The quantitative estimate of drug-likeness (QED) is 0.323. The number of aliphatic hydroxyl groups excluding tert-OH is 2. The van der Waals surface area contributed by atoms with Crippen molar-refractivity contribution < 1.29 is 34.0 Å². The molecule has 2 N–H and O–H groups in total. The molecule has 0 amide bonds. The first-order valence-corrected chi connectivity index (χ1v) is 9.12. The van der Waals surface area contributed by atoms with Gasteiger partial charge < -0.3 is 24.4 Å². The lowest BCUT2D eigenvalue weighted by atomic mass is 9.78. The molecular weight excluding hydrogens is 352 g/mol. The van der Waals surface area contributed by atoms with Gasteiger partial charge in [0.15, 0.2) is 0 Å². The van der Waals surface area contributed by atoms with E-state index in [0.29, 0.717) is 6.42 Å². The van der Waals surface area contributed by atoms with Gasteiger partial charge in [0.25, 0.3) is 0 Å².